The lowest BCUT2D eigenvalue weighted by atomic mass is 9.95. The third-order valence-corrected chi connectivity index (χ3v) is 10.1. The van der Waals surface area contributed by atoms with E-state index in [0.717, 1.165) is 0 Å². The average molecular weight is 899 g/mol. The third kappa shape index (κ3) is 9.56. The molecule has 0 aliphatic carbocycles. The van der Waals surface area contributed by atoms with Crippen LogP contribution in [-0.2, 0) is 66.6 Å². The molecule has 25 atom stereocenters. The summed E-state index contributed by atoms with van der Waals surface area (Å²) in [7, 11) is 0. The van der Waals surface area contributed by atoms with Crippen molar-refractivity contribution in [1.82, 2.24) is 0 Å². The van der Waals surface area contributed by atoms with E-state index in [2.05, 4.69) is 4.74 Å². The summed E-state index contributed by atoms with van der Waals surface area (Å²) >= 11 is 0. The molecule has 0 saturated carbocycles. The smallest absolute Gasteiger partial charge is 0.335 e. The van der Waals surface area contributed by atoms with Crippen LogP contribution in [0.2, 0.25) is 0 Å². The number of rotatable bonds is 13. The molecule has 1 unspecified atom stereocenters. The van der Waals surface area contributed by atoms with Crippen LogP contribution < -0.4 is 0 Å². The Balaban J connectivity index is 1.30. The maximum absolute atomic E-state index is 12.3. The molecule has 5 fully saturated rings. The molecular weight excluding hydrogens is 856 g/mol. The lowest BCUT2D eigenvalue weighted by molar-refractivity contribution is -0.383. The summed E-state index contributed by atoms with van der Waals surface area (Å²) in [6.45, 7) is 0. The van der Waals surface area contributed by atoms with Crippen molar-refractivity contribution in [2.75, 3.05) is 0 Å². The van der Waals surface area contributed by atoms with Gasteiger partial charge in [0.2, 0.25) is 0 Å². The summed E-state index contributed by atoms with van der Waals surface area (Å²) in [5.41, 5.74) is 0. The number of hydrogen-bond acceptors (Lipinski definition) is 26. The molecule has 0 radical (unpaired) electrons. The zero-order valence-corrected chi connectivity index (χ0v) is 30.3. The lowest BCUT2D eigenvalue weighted by Crippen LogP contribution is -2.69. The van der Waals surface area contributed by atoms with Gasteiger partial charge in [-0.05, 0) is 0 Å². The number of carbonyl (C=O) groups is 5. The Morgan fingerprint density at radius 2 is 0.508 bits per heavy atom. The largest absolute Gasteiger partial charge is 0.479 e. The zero-order valence-electron chi connectivity index (χ0n) is 30.3. The van der Waals surface area contributed by atoms with Gasteiger partial charge in [-0.1, -0.05) is 0 Å². The van der Waals surface area contributed by atoms with Crippen LogP contribution in [-0.4, -0.2) is 270 Å². The van der Waals surface area contributed by atoms with Crippen molar-refractivity contribution >= 4 is 29.8 Å². The molecule has 5 rings (SSSR count). The number of aliphatic hydroxyl groups excluding tert-OH is 12. The van der Waals surface area contributed by atoms with E-state index in [9.17, 15) is 111 Å². The minimum Gasteiger partial charge on any atom is -0.479 e. The predicted molar refractivity (Wildman–Crippen MR) is 169 cm³/mol. The number of carboxylic acids is 5. The molecule has 0 bridgehead atoms. The molecule has 0 aromatic rings. The molecule has 31 heteroatoms. The number of aliphatic hydroxyl groups is 12. The van der Waals surface area contributed by atoms with Gasteiger partial charge in [0, 0.05) is 0 Å². The van der Waals surface area contributed by atoms with Crippen LogP contribution in [0.1, 0.15) is 0 Å². The van der Waals surface area contributed by atoms with Crippen molar-refractivity contribution in [2.24, 2.45) is 0 Å². The van der Waals surface area contributed by atoms with Gasteiger partial charge in [0.1, 0.15) is 91.6 Å². The van der Waals surface area contributed by atoms with E-state index >= 15 is 0 Å². The standard InChI is InChI=1S/C30H42O31/c31-1-2(32)16(21(42)43)58-27(8(1)38)55-13-4(34)10(40)29(60-18(13)23(46)47)57-15-6(36)11(41)30(61-20(15)25(50)51)56-14-5(35)9(39)28(59-19(14)24(48)49)54-12-3(33)7(37)26(52)53-17(12)22(44)45/h1-20,26-41,52H,(H,42,43)(H,44,45)(H,46,47)(H,48,49)(H,50,51)/t1-,2-,3+,4+,5+,6+,7-,8-,9-,10-,11-,12-,13-,14-,15-,16-,17-,18-,19-,20-,26?,27+,28+,29+,30+/m0/s1. The Bertz CT molecular complexity index is 1600. The lowest BCUT2D eigenvalue weighted by Gasteiger charge is -2.48. The first-order chi connectivity index (χ1) is 28.4. The highest BCUT2D eigenvalue weighted by Gasteiger charge is 2.59. The molecule has 31 nitrogen and oxygen atoms in total. The molecule has 348 valence electrons. The SMILES string of the molecule is O=C(O)[C@H]1O[C@@H](O[C@H]2[C@H](O)[C@H](O)[C@H](O[C@H]3[C@H](O)[C@H](O)[C@H](O[C@H]4[C@H](O)[C@H](O)[C@H](O[C@H]5[C@H](O)[C@H](O)C(O)O[C@@H]5C(=O)O)O[C@@H]4C(=O)O)O[C@@H]3C(=O)O)O[C@@H]2C(=O)O)[C@@H](O)[C@@H](O)[C@@H]1O. The average Bonchev–Trinajstić information content (AvgIpc) is 3.18. The van der Waals surface area contributed by atoms with Gasteiger partial charge in [0.25, 0.3) is 0 Å². The summed E-state index contributed by atoms with van der Waals surface area (Å²) in [6, 6.07) is 0. The van der Waals surface area contributed by atoms with E-state index in [4.69, 9.17) is 37.9 Å². The number of ether oxygens (including phenoxy) is 9. The van der Waals surface area contributed by atoms with Gasteiger partial charge in [0.15, 0.2) is 62.0 Å². The zero-order chi connectivity index (χ0) is 45.7. The van der Waals surface area contributed by atoms with Gasteiger partial charge in [-0.3, -0.25) is 0 Å². The van der Waals surface area contributed by atoms with Crippen LogP contribution in [0.5, 0.6) is 0 Å². The van der Waals surface area contributed by atoms with Gasteiger partial charge >= 0.3 is 29.8 Å². The van der Waals surface area contributed by atoms with Crippen LogP contribution in [0, 0.1) is 0 Å². The molecule has 5 heterocycles. The van der Waals surface area contributed by atoms with Gasteiger partial charge < -0.3 is 129 Å². The molecule has 0 spiro atoms. The Morgan fingerprint density at radius 1 is 0.279 bits per heavy atom. The summed E-state index contributed by atoms with van der Waals surface area (Å²) < 4.78 is 45.9. The molecule has 5 saturated heterocycles. The fourth-order valence-corrected chi connectivity index (χ4v) is 6.88. The monoisotopic (exact) mass is 898 g/mol. The van der Waals surface area contributed by atoms with E-state index in [1.54, 1.807) is 0 Å². The molecule has 17 N–H and O–H groups in total. The van der Waals surface area contributed by atoms with E-state index in [-0.39, 0.29) is 0 Å². The summed E-state index contributed by atoms with van der Waals surface area (Å²) in [5.74, 6) is -9.88. The third-order valence-electron chi connectivity index (χ3n) is 10.1. The van der Waals surface area contributed by atoms with Crippen LogP contribution in [0.4, 0.5) is 0 Å². The highest BCUT2D eigenvalue weighted by Crippen LogP contribution is 2.36. The molecule has 0 amide bonds. The predicted octanol–water partition coefficient (Wildman–Crippen LogP) is -11.5. The maximum Gasteiger partial charge on any atom is 0.335 e. The van der Waals surface area contributed by atoms with Crippen LogP contribution >= 0.6 is 0 Å². The maximum atomic E-state index is 12.3. The van der Waals surface area contributed by atoms with Gasteiger partial charge in [0.05, 0.1) is 0 Å². The highest BCUT2D eigenvalue weighted by molar-refractivity contribution is 5.75. The Kier molecular flexibility index (Phi) is 15.2. The second kappa shape index (κ2) is 19.1. The molecule has 0 aromatic carbocycles. The normalized spacial score (nSPS) is 49.4. The topological polar surface area (TPSA) is 512 Å². The van der Waals surface area contributed by atoms with Crippen LogP contribution in [0.3, 0.4) is 0 Å². The molecule has 5 aliphatic heterocycles. The first-order valence-corrected chi connectivity index (χ1v) is 17.6. The summed E-state index contributed by atoms with van der Waals surface area (Å²) in [4.78, 5) is 59.9. The molecule has 0 aromatic heterocycles. The molecule has 5 aliphatic rings. The quantitative estimate of drug-likeness (QED) is 0.0816. The Morgan fingerprint density at radius 3 is 0.787 bits per heavy atom. The van der Waals surface area contributed by atoms with Crippen LogP contribution in [0.15, 0.2) is 0 Å². The number of aliphatic carboxylic acids is 5. The first-order valence-electron chi connectivity index (χ1n) is 17.6. The summed E-state index contributed by atoms with van der Waals surface area (Å²) in [6.07, 6.45) is -59.6. The van der Waals surface area contributed by atoms with Gasteiger partial charge in [-0.2, -0.15) is 0 Å². The van der Waals surface area contributed by atoms with Crippen molar-refractivity contribution < 1.29 is 153 Å². The van der Waals surface area contributed by atoms with Gasteiger partial charge in [-0.25, -0.2) is 24.0 Å². The van der Waals surface area contributed by atoms with Crippen molar-refractivity contribution in [3.05, 3.63) is 0 Å². The minimum atomic E-state index is -2.56. The molecular formula is C30H42O31. The molecule has 61 heavy (non-hydrogen) atoms. The summed E-state index contributed by atoms with van der Waals surface area (Å²) in [5, 5.41) is 174. The van der Waals surface area contributed by atoms with Crippen molar-refractivity contribution in [2.45, 2.75) is 154 Å². The van der Waals surface area contributed by atoms with E-state index in [1.165, 1.54) is 0 Å². The number of carboxylic acid groups (broad SMARTS) is 5. The van der Waals surface area contributed by atoms with Crippen molar-refractivity contribution in [3.63, 3.8) is 0 Å². The van der Waals surface area contributed by atoms with E-state index in [0.29, 0.717) is 0 Å². The minimum absolute atomic E-state index is 1.87. The first kappa shape index (κ1) is 48.5. The second-order valence-corrected chi connectivity index (χ2v) is 14.1. The fraction of sp³-hybridized carbons (Fsp3) is 0.833. The van der Waals surface area contributed by atoms with Crippen molar-refractivity contribution in [1.29, 1.82) is 0 Å². The van der Waals surface area contributed by atoms with E-state index in [1.807, 2.05) is 0 Å². The van der Waals surface area contributed by atoms with E-state index < -0.39 is 183 Å². The number of hydrogen-bond donors (Lipinski definition) is 17. The Hall–Kier alpha value is -3.49. The Labute approximate surface area is 337 Å². The van der Waals surface area contributed by atoms with Crippen molar-refractivity contribution in [3.8, 4) is 0 Å². The second-order valence-electron chi connectivity index (χ2n) is 14.1. The highest BCUT2D eigenvalue weighted by atomic mass is 16.8. The van der Waals surface area contributed by atoms with Crippen LogP contribution in [0.25, 0.3) is 0 Å². The fourth-order valence-electron chi connectivity index (χ4n) is 6.88. The van der Waals surface area contributed by atoms with Gasteiger partial charge in [-0.15, -0.1) is 0 Å².